The van der Waals surface area contributed by atoms with Crippen LogP contribution in [0.1, 0.15) is 39.5 Å². The third-order valence-corrected chi connectivity index (χ3v) is 4.11. The van der Waals surface area contributed by atoms with Gasteiger partial charge < -0.3 is 15.2 Å². The molecule has 1 saturated heterocycles. The van der Waals surface area contributed by atoms with Gasteiger partial charge in [-0.05, 0) is 38.1 Å². The molecule has 1 aliphatic rings. The van der Waals surface area contributed by atoms with Gasteiger partial charge in [-0.25, -0.2) is 0 Å². The van der Waals surface area contributed by atoms with Gasteiger partial charge in [-0.3, -0.25) is 0 Å². The zero-order valence-electron chi connectivity index (χ0n) is 10.8. The quantitative estimate of drug-likeness (QED) is 0.699. The van der Waals surface area contributed by atoms with E-state index in [4.69, 9.17) is 4.74 Å². The van der Waals surface area contributed by atoms with Gasteiger partial charge in [0.05, 0.1) is 0 Å². The largest absolute Gasteiger partial charge is 0.396 e. The first-order valence-electron chi connectivity index (χ1n) is 6.65. The minimum atomic E-state index is 0.0885. The highest BCUT2D eigenvalue weighted by Crippen LogP contribution is 2.24. The summed E-state index contributed by atoms with van der Waals surface area (Å²) in [4.78, 5) is 0. The van der Waals surface area contributed by atoms with Crippen molar-refractivity contribution in [2.24, 2.45) is 11.3 Å². The van der Waals surface area contributed by atoms with Crippen molar-refractivity contribution in [1.82, 2.24) is 5.32 Å². The van der Waals surface area contributed by atoms with Gasteiger partial charge in [0.15, 0.2) is 0 Å². The molecule has 2 N–H and O–H groups in total. The summed E-state index contributed by atoms with van der Waals surface area (Å²) in [7, 11) is 0. The van der Waals surface area contributed by atoms with Crippen LogP contribution >= 0.6 is 0 Å². The highest BCUT2D eigenvalue weighted by Gasteiger charge is 2.25. The van der Waals surface area contributed by atoms with Crippen LogP contribution in [0.2, 0.25) is 0 Å². The van der Waals surface area contributed by atoms with Crippen molar-refractivity contribution in [1.29, 1.82) is 0 Å². The number of hydrogen-bond acceptors (Lipinski definition) is 3. The summed E-state index contributed by atoms with van der Waals surface area (Å²) in [6.07, 6.45) is 4.44. The third-order valence-electron chi connectivity index (χ3n) is 4.11. The molecule has 3 heteroatoms. The molecule has 0 unspecified atom stereocenters. The zero-order chi connectivity index (χ0) is 11.9. The molecule has 0 bridgehead atoms. The number of aliphatic hydroxyl groups is 1. The molecule has 0 aromatic rings. The predicted molar refractivity (Wildman–Crippen MR) is 66.5 cm³/mol. The molecule has 3 nitrogen and oxygen atoms in total. The summed E-state index contributed by atoms with van der Waals surface area (Å²) in [6, 6.07) is 0. The van der Waals surface area contributed by atoms with Crippen molar-refractivity contribution in [2.45, 2.75) is 39.5 Å². The lowest BCUT2D eigenvalue weighted by molar-refractivity contribution is 0.0626. The molecule has 0 aliphatic carbocycles. The van der Waals surface area contributed by atoms with Gasteiger partial charge in [0.25, 0.3) is 0 Å². The van der Waals surface area contributed by atoms with Gasteiger partial charge in [-0.1, -0.05) is 13.8 Å². The standard InChI is InChI=1S/C13H27NO2/c1-3-13(4-2,11-15)10-14-9-12-5-7-16-8-6-12/h12,14-15H,3-11H2,1-2H3. The van der Waals surface area contributed by atoms with Gasteiger partial charge in [0.1, 0.15) is 0 Å². The molecule has 1 rings (SSSR count). The van der Waals surface area contributed by atoms with Crippen molar-refractivity contribution in [3.8, 4) is 0 Å². The van der Waals surface area contributed by atoms with Crippen LogP contribution in [-0.4, -0.2) is 38.0 Å². The molecule has 0 saturated carbocycles. The highest BCUT2D eigenvalue weighted by molar-refractivity contribution is 4.79. The number of aliphatic hydroxyl groups excluding tert-OH is 1. The third kappa shape index (κ3) is 4.04. The van der Waals surface area contributed by atoms with E-state index in [2.05, 4.69) is 19.2 Å². The van der Waals surface area contributed by atoms with Crippen molar-refractivity contribution in [3.63, 3.8) is 0 Å². The Balaban J connectivity index is 2.21. The van der Waals surface area contributed by atoms with E-state index in [1.165, 1.54) is 12.8 Å². The number of nitrogens with one attached hydrogen (secondary N) is 1. The highest BCUT2D eigenvalue weighted by atomic mass is 16.5. The fourth-order valence-corrected chi connectivity index (χ4v) is 2.27. The maximum Gasteiger partial charge on any atom is 0.0499 e. The zero-order valence-corrected chi connectivity index (χ0v) is 10.8. The monoisotopic (exact) mass is 229 g/mol. The molecule has 16 heavy (non-hydrogen) atoms. The summed E-state index contributed by atoms with van der Waals surface area (Å²) < 4.78 is 5.34. The smallest absolute Gasteiger partial charge is 0.0499 e. The van der Waals surface area contributed by atoms with Crippen molar-refractivity contribution < 1.29 is 9.84 Å². The average molecular weight is 229 g/mol. The van der Waals surface area contributed by atoms with Crippen LogP contribution in [0.4, 0.5) is 0 Å². The van der Waals surface area contributed by atoms with E-state index in [0.717, 1.165) is 45.1 Å². The minimum absolute atomic E-state index is 0.0885. The Morgan fingerprint density at radius 1 is 1.25 bits per heavy atom. The second-order valence-corrected chi connectivity index (χ2v) is 5.05. The van der Waals surface area contributed by atoms with Crippen LogP contribution in [0.25, 0.3) is 0 Å². The van der Waals surface area contributed by atoms with E-state index >= 15 is 0 Å². The maximum atomic E-state index is 9.45. The van der Waals surface area contributed by atoms with E-state index in [9.17, 15) is 5.11 Å². The molecule has 96 valence electrons. The Kier molecular flexibility index (Phi) is 6.32. The van der Waals surface area contributed by atoms with Gasteiger partial charge in [0.2, 0.25) is 0 Å². The van der Waals surface area contributed by atoms with Crippen LogP contribution in [0.3, 0.4) is 0 Å². The van der Waals surface area contributed by atoms with E-state index < -0.39 is 0 Å². The molecule has 0 spiro atoms. The van der Waals surface area contributed by atoms with E-state index in [0.29, 0.717) is 6.61 Å². The lowest BCUT2D eigenvalue weighted by Gasteiger charge is -2.31. The normalized spacial score (nSPS) is 18.9. The Morgan fingerprint density at radius 3 is 2.38 bits per heavy atom. The van der Waals surface area contributed by atoms with Crippen LogP contribution in [-0.2, 0) is 4.74 Å². The number of hydrogen-bond donors (Lipinski definition) is 2. The second kappa shape index (κ2) is 7.25. The minimum Gasteiger partial charge on any atom is -0.396 e. The van der Waals surface area contributed by atoms with Gasteiger partial charge in [0, 0.05) is 31.8 Å². The molecule has 0 aromatic heterocycles. The Labute approximate surface area is 99.6 Å². The van der Waals surface area contributed by atoms with E-state index in [1.54, 1.807) is 0 Å². The van der Waals surface area contributed by atoms with Crippen LogP contribution in [0.5, 0.6) is 0 Å². The van der Waals surface area contributed by atoms with Crippen LogP contribution < -0.4 is 5.32 Å². The van der Waals surface area contributed by atoms with Crippen molar-refractivity contribution in [2.75, 3.05) is 32.9 Å². The number of ether oxygens (including phenoxy) is 1. The van der Waals surface area contributed by atoms with Gasteiger partial charge in [-0.15, -0.1) is 0 Å². The van der Waals surface area contributed by atoms with Crippen molar-refractivity contribution >= 4 is 0 Å². The van der Waals surface area contributed by atoms with E-state index in [1.807, 2.05) is 0 Å². The molecule has 0 atom stereocenters. The summed E-state index contributed by atoms with van der Waals surface area (Å²) >= 11 is 0. The van der Waals surface area contributed by atoms with Crippen molar-refractivity contribution in [3.05, 3.63) is 0 Å². The molecular weight excluding hydrogens is 202 g/mol. The predicted octanol–water partition coefficient (Wildman–Crippen LogP) is 1.80. The topological polar surface area (TPSA) is 41.5 Å². The summed E-state index contributed by atoms with van der Waals surface area (Å²) in [5, 5.41) is 13.0. The first-order valence-corrected chi connectivity index (χ1v) is 6.65. The second-order valence-electron chi connectivity index (χ2n) is 5.05. The molecular formula is C13H27NO2. The fraction of sp³-hybridized carbons (Fsp3) is 1.00. The summed E-state index contributed by atoms with van der Waals surface area (Å²) in [5.74, 6) is 0.763. The molecule has 1 fully saturated rings. The van der Waals surface area contributed by atoms with E-state index in [-0.39, 0.29) is 5.41 Å². The molecule has 0 aromatic carbocycles. The van der Waals surface area contributed by atoms with Gasteiger partial charge >= 0.3 is 0 Å². The number of rotatable bonds is 7. The Bertz CT molecular complexity index is 167. The lowest BCUT2D eigenvalue weighted by Crippen LogP contribution is -2.39. The Hall–Kier alpha value is -0.120. The molecule has 0 radical (unpaired) electrons. The van der Waals surface area contributed by atoms with Gasteiger partial charge in [-0.2, -0.15) is 0 Å². The fourth-order valence-electron chi connectivity index (χ4n) is 2.27. The first kappa shape index (κ1) is 13.9. The van der Waals surface area contributed by atoms with Crippen LogP contribution in [0, 0.1) is 11.3 Å². The molecule has 0 amide bonds. The first-order chi connectivity index (χ1) is 7.76. The summed E-state index contributed by atoms with van der Waals surface area (Å²) in [5.41, 5.74) is 0.0885. The molecule has 1 heterocycles. The maximum absolute atomic E-state index is 9.45. The Morgan fingerprint density at radius 2 is 1.88 bits per heavy atom. The van der Waals surface area contributed by atoms with Crippen LogP contribution in [0.15, 0.2) is 0 Å². The lowest BCUT2D eigenvalue weighted by atomic mass is 9.83. The SMILES string of the molecule is CCC(CC)(CO)CNCC1CCOCC1. The molecule has 1 aliphatic heterocycles. The average Bonchev–Trinajstić information content (AvgIpc) is 2.37. The summed E-state index contributed by atoms with van der Waals surface area (Å²) in [6.45, 7) is 8.46.